The fourth-order valence-electron chi connectivity index (χ4n) is 2.38. The van der Waals surface area contributed by atoms with E-state index in [1.807, 2.05) is 0 Å². The number of carbonyl (C=O) groups excluding carboxylic acids is 1. The Morgan fingerprint density at radius 1 is 1.27 bits per heavy atom. The number of piperidine rings is 1. The quantitative estimate of drug-likeness (QED) is 0.769. The maximum Gasteiger partial charge on any atom is 0.309 e. The Bertz CT molecular complexity index is 655. The number of hydrogen-bond acceptors (Lipinski definition) is 4. The SMILES string of the molecule is CCOC(=O)C1CCN(S(=O)(=O)c2ccc(Cl)c(Cl)c2)CC1. The zero-order chi connectivity index (χ0) is 16.3. The number of hydrogen-bond donors (Lipinski definition) is 0. The van der Waals surface area contributed by atoms with E-state index < -0.39 is 10.0 Å². The van der Waals surface area contributed by atoms with Crippen LogP contribution in [0.15, 0.2) is 23.1 Å². The summed E-state index contributed by atoms with van der Waals surface area (Å²) in [5.41, 5.74) is 0. The van der Waals surface area contributed by atoms with Crippen LogP contribution in [0.5, 0.6) is 0 Å². The molecule has 0 saturated carbocycles. The minimum atomic E-state index is -3.62. The van der Waals surface area contributed by atoms with E-state index >= 15 is 0 Å². The Morgan fingerprint density at radius 2 is 1.91 bits per heavy atom. The molecular formula is C14H17Cl2NO4S. The number of nitrogens with zero attached hydrogens (tertiary/aromatic N) is 1. The van der Waals surface area contributed by atoms with E-state index in [0.29, 0.717) is 24.5 Å². The van der Waals surface area contributed by atoms with Crippen molar-refractivity contribution in [3.8, 4) is 0 Å². The normalized spacial score (nSPS) is 17.4. The van der Waals surface area contributed by atoms with Crippen LogP contribution >= 0.6 is 23.2 Å². The number of halogens is 2. The van der Waals surface area contributed by atoms with Gasteiger partial charge in [-0.25, -0.2) is 8.42 Å². The van der Waals surface area contributed by atoms with Crippen LogP contribution in [-0.2, 0) is 19.6 Å². The molecule has 0 atom stereocenters. The van der Waals surface area contributed by atoms with Gasteiger partial charge < -0.3 is 4.74 Å². The molecule has 0 radical (unpaired) electrons. The molecule has 1 fully saturated rings. The van der Waals surface area contributed by atoms with E-state index in [-0.39, 0.29) is 34.9 Å². The van der Waals surface area contributed by atoms with Crippen molar-refractivity contribution in [2.45, 2.75) is 24.7 Å². The molecule has 0 amide bonds. The van der Waals surface area contributed by atoms with Crippen LogP contribution in [0, 0.1) is 5.92 Å². The van der Waals surface area contributed by atoms with Gasteiger partial charge in [0.05, 0.1) is 27.5 Å². The third-order valence-corrected chi connectivity index (χ3v) is 6.24. The Morgan fingerprint density at radius 3 is 2.45 bits per heavy atom. The fourth-order valence-corrected chi connectivity index (χ4v) is 4.24. The number of benzene rings is 1. The number of sulfonamides is 1. The monoisotopic (exact) mass is 365 g/mol. The first kappa shape index (κ1) is 17.5. The highest BCUT2D eigenvalue weighted by Gasteiger charge is 2.32. The molecule has 0 aliphatic carbocycles. The molecule has 1 aliphatic rings. The molecule has 22 heavy (non-hydrogen) atoms. The van der Waals surface area contributed by atoms with E-state index in [1.54, 1.807) is 6.92 Å². The minimum Gasteiger partial charge on any atom is -0.466 e. The summed E-state index contributed by atoms with van der Waals surface area (Å²) >= 11 is 11.7. The molecule has 1 aromatic carbocycles. The van der Waals surface area contributed by atoms with Gasteiger partial charge in [0.25, 0.3) is 0 Å². The van der Waals surface area contributed by atoms with Gasteiger partial charge in [0.15, 0.2) is 0 Å². The topological polar surface area (TPSA) is 63.7 Å². The van der Waals surface area contributed by atoms with E-state index in [2.05, 4.69) is 0 Å². The summed E-state index contributed by atoms with van der Waals surface area (Å²) in [4.78, 5) is 11.8. The van der Waals surface area contributed by atoms with Crippen LogP contribution in [-0.4, -0.2) is 38.4 Å². The van der Waals surface area contributed by atoms with Crippen LogP contribution in [0.25, 0.3) is 0 Å². The van der Waals surface area contributed by atoms with Crippen molar-refractivity contribution < 1.29 is 17.9 Å². The first-order valence-electron chi connectivity index (χ1n) is 6.98. The largest absolute Gasteiger partial charge is 0.466 e. The second-order valence-corrected chi connectivity index (χ2v) is 7.76. The van der Waals surface area contributed by atoms with Crippen molar-refractivity contribution in [1.82, 2.24) is 4.31 Å². The average Bonchev–Trinajstić information content (AvgIpc) is 2.50. The Hall–Kier alpha value is -0.820. The Kier molecular flexibility index (Phi) is 5.71. The average molecular weight is 366 g/mol. The van der Waals surface area contributed by atoms with Gasteiger partial charge in [0.1, 0.15) is 0 Å². The van der Waals surface area contributed by atoms with Crippen molar-refractivity contribution in [1.29, 1.82) is 0 Å². The smallest absolute Gasteiger partial charge is 0.309 e. The molecule has 2 rings (SSSR count). The molecule has 1 saturated heterocycles. The van der Waals surface area contributed by atoms with E-state index in [9.17, 15) is 13.2 Å². The van der Waals surface area contributed by atoms with Crippen LogP contribution in [0.3, 0.4) is 0 Å². The Labute approximate surface area is 140 Å². The summed E-state index contributed by atoms with van der Waals surface area (Å²) in [6.45, 7) is 2.65. The maximum atomic E-state index is 12.6. The third-order valence-electron chi connectivity index (χ3n) is 3.60. The lowest BCUT2D eigenvalue weighted by Crippen LogP contribution is -2.40. The summed E-state index contributed by atoms with van der Waals surface area (Å²) in [5.74, 6) is -0.491. The zero-order valence-corrected chi connectivity index (χ0v) is 14.4. The highest BCUT2D eigenvalue weighted by Crippen LogP contribution is 2.29. The molecule has 122 valence electrons. The molecule has 1 aliphatic heterocycles. The van der Waals surface area contributed by atoms with Gasteiger partial charge in [-0.3, -0.25) is 4.79 Å². The number of ether oxygens (including phenoxy) is 1. The Balaban J connectivity index is 2.09. The molecule has 0 aromatic heterocycles. The number of rotatable bonds is 4. The van der Waals surface area contributed by atoms with Crippen LogP contribution in [0.4, 0.5) is 0 Å². The second-order valence-electron chi connectivity index (χ2n) is 5.01. The van der Waals surface area contributed by atoms with Gasteiger partial charge in [-0.15, -0.1) is 0 Å². The van der Waals surface area contributed by atoms with E-state index in [1.165, 1.54) is 22.5 Å². The maximum absolute atomic E-state index is 12.6. The van der Waals surface area contributed by atoms with Crippen molar-refractivity contribution in [3.05, 3.63) is 28.2 Å². The van der Waals surface area contributed by atoms with Gasteiger partial charge in [-0.1, -0.05) is 23.2 Å². The van der Waals surface area contributed by atoms with Crippen molar-refractivity contribution in [3.63, 3.8) is 0 Å². The first-order valence-corrected chi connectivity index (χ1v) is 9.17. The molecular weight excluding hydrogens is 349 g/mol. The predicted molar refractivity (Wildman–Crippen MR) is 84.6 cm³/mol. The van der Waals surface area contributed by atoms with Crippen LogP contribution in [0.2, 0.25) is 10.0 Å². The summed E-state index contributed by atoms with van der Waals surface area (Å²) in [5, 5.41) is 0.505. The van der Waals surface area contributed by atoms with Gasteiger partial charge in [-0.2, -0.15) is 4.31 Å². The van der Waals surface area contributed by atoms with Crippen molar-refractivity contribution >= 4 is 39.2 Å². The van der Waals surface area contributed by atoms with Gasteiger partial charge in [0, 0.05) is 13.1 Å². The fraction of sp³-hybridized carbons (Fsp3) is 0.500. The molecule has 0 bridgehead atoms. The van der Waals surface area contributed by atoms with Gasteiger partial charge in [-0.05, 0) is 38.0 Å². The van der Waals surface area contributed by atoms with E-state index in [4.69, 9.17) is 27.9 Å². The van der Waals surface area contributed by atoms with Crippen molar-refractivity contribution in [2.24, 2.45) is 5.92 Å². The van der Waals surface area contributed by atoms with Gasteiger partial charge in [0.2, 0.25) is 10.0 Å². The second kappa shape index (κ2) is 7.17. The third kappa shape index (κ3) is 3.74. The highest BCUT2D eigenvalue weighted by atomic mass is 35.5. The molecule has 0 N–H and O–H groups in total. The van der Waals surface area contributed by atoms with Gasteiger partial charge >= 0.3 is 5.97 Å². The minimum absolute atomic E-state index is 0.108. The lowest BCUT2D eigenvalue weighted by Gasteiger charge is -2.30. The lowest BCUT2D eigenvalue weighted by molar-refractivity contribution is -0.149. The summed E-state index contributed by atoms with van der Waals surface area (Å²) in [6.07, 6.45) is 0.915. The summed E-state index contributed by atoms with van der Waals surface area (Å²) < 4.78 is 31.5. The predicted octanol–water partition coefficient (Wildman–Crippen LogP) is 2.96. The molecule has 0 unspecified atom stereocenters. The molecule has 5 nitrogen and oxygen atoms in total. The number of carbonyl (C=O) groups is 1. The molecule has 8 heteroatoms. The zero-order valence-electron chi connectivity index (χ0n) is 12.1. The molecule has 1 heterocycles. The van der Waals surface area contributed by atoms with E-state index in [0.717, 1.165) is 0 Å². The summed E-state index contributed by atoms with van der Waals surface area (Å²) in [7, 11) is -3.62. The standard InChI is InChI=1S/C14H17Cl2NO4S/c1-2-21-14(18)10-5-7-17(8-6-10)22(19,20)11-3-4-12(15)13(16)9-11/h3-4,9-10H,2,5-8H2,1H3. The highest BCUT2D eigenvalue weighted by molar-refractivity contribution is 7.89. The molecule has 0 spiro atoms. The van der Waals surface area contributed by atoms with Crippen LogP contribution in [0.1, 0.15) is 19.8 Å². The summed E-state index contributed by atoms with van der Waals surface area (Å²) in [6, 6.07) is 4.24. The van der Waals surface area contributed by atoms with Crippen LogP contribution < -0.4 is 0 Å². The molecule has 1 aromatic rings. The lowest BCUT2D eigenvalue weighted by atomic mass is 9.98. The number of esters is 1. The van der Waals surface area contributed by atoms with Crippen molar-refractivity contribution in [2.75, 3.05) is 19.7 Å². The first-order chi connectivity index (χ1) is 10.4.